The normalized spacial score (nSPS) is 11.5. The van der Waals surface area contributed by atoms with Gasteiger partial charge in [0.15, 0.2) is 0 Å². The summed E-state index contributed by atoms with van der Waals surface area (Å²) in [6.07, 6.45) is -2.94. The number of anilines is 1. The minimum Gasteiger partial charge on any atom is -0.305 e. The number of carbonyl (C=O) groups excluding carboxylic acids is 1. The zero-order valence-corrected chi connectivity index (χ0v) is 16.6. The summed E-state index contributed by atoms with van der Waals surface area (Å²) in [5.41, 5.74) is 1.58. The third kappa shape index (κ3) is 4.18. The number of amides is 1. The van der Waals surface area contributed by atoms with Crippen molar-refractivity contribution in [2.45, 2.75) is 6.18 Å². The van der Waals surface area contributed by atoms with Gasteiger partial charge in [-0.2, -0.15) is 23.4 Å². The van der Waals surface area contributed by atoms with Gasteiger partial charge in [-0.15, -0.1) is 0 Å². The molecule has 0 saturated heterocycles. The van der Waals surface area contributed by atoms with Crippen LogP contribution in [0, 0.1) is 0 Å². The molecular formula is C21H17F3N6O. The van der Waals surface area contributed by atoms with E-state index in [9.17, 15) is 18.0 Å². The minimum absolute atomic E-state index is 0.228. The van der Waals surface area contributed by atoms with Gasteiger partial charge in [0.05, 0.1) is 11.4 Å². The highest BCUT2D eigenvalue weighted by molar-refractivity contribution is 6.02. The van der Waals surface area contributed by atoms with E-state index in [0.717, 1.165) is 16.3 Å². The van der Waals surface area contributed by atoms with Crippen LogP contribution in [-0.4, -0.2) is 30.5 Å². The number of halogens is 3. The molecular weight excluding hydrogens is 409 g/mol. The third-order valence-corrected chi connectivity index (χ3v) is 4.67. The fourth-order valence-corrected chi connectivity index (χ4v) is 3.09. The third-order valence-electron chi connectivity index (χ3n) is 4.67. The molecule has 0 radical (unpaired) electrons. The first kappa shape index (κ1) is 20.3. The quantitative estimate of drug-likeness (QED) is 0.532. The van der Waals surface area contributed by atoms with E-state index in [-0.39, 0.29) is 17.3 Å². The van der Waals surface area contributed by atoms with Crippen molar-refractivity contribution in [2.75, 3.05) is 5.32 Å². The molecule has 0 aliphatic heterocycles. The monoisotopic (exact) mass is 426 g/mol. The summed E-state index contributed by atoms with van der Waals surface area (Å²) in [4.78, 5) is 16.3. The van der Waals surface area contributed by atoms with Gasteiger partial charge in [-0.1, -0.05) is 30.3 Å². The average Bonchev–Trinajstić information content (AvgIpc) is 3.31. The second kappa shape index (κ2) is 7.71. The van der Waals surface area contributed by atoms with Crippen LogP contribution >= 0.6 is 0 Å². The molecule has 0 aliphatic carbocycles. The summed E-state index contributed by atoms with van der Waals surface area (Å²) < 4.78 is 41.3. The molecule has 1 N–H and O–H groups in total. The molecule has 158 valence electrons. The lowest BCUT2D eigenvalue weighted by Gasteiger charge is -2.04. The molecule has 3 aromatic heterocycles. The zero-order valence-electron chi connectivity index (χ0n) is 16.6. The van der Waals surface area contributed by atoms with Crippen LogP contribution in [0.25, 0.3) is 22.5 Å². The van der Waals surface area contributed by atoms with Gasteiger partial charge >= 0.3 is 6.18 Å². The van der Waals surface area contributed by atoms with Crippen LogP contribution < -0.4 is 5.32 Å². The van der Waals surface area contributed by atoms with E-state index in [2.05, 4.69) is 20.5 Å². The molecule has 0 aliphatic rings. The smallest absolute Gasteiger partial charge is 0.305 e. The Balaban J connectivity index is 1.55. The number of aromatic nitrogens is 5. The topological polar surface area (TPSA) is 77.6 Å². The number of nitrogens with one attached hydrogen (secondary N) is 1. The summed E-state index contributed by atoms with van der Waals surface area (Å²) in [6, 6.07) is 14.6. The lowest BCUT2D eigenvalue weighted by Crippen LogP contribution is -2.15. The Bertz CT molecular complexity index is 1230. The van der Waals surface area contributed by atoms with E-state index < -0.39 is 11.9 Å². The summed E-state index contributed by atoms with van der Waals surface area (Å²) in [7, 11) is 2.95. The summed E-state index contributed by atoms with van der Waals surface area (Å²) in [5, 5.41) is 11.1. The largest absolute Gasteiger partial charge is 0.433 e. The van der Waals surface area contributed by atoms with E-state index in [4.69, 9.17) is 0 Å². The van der Waals surface area contributed by atoms with Gasteiger partial charge in [0, 0.05) is 37.5 Å². The van der Waals surface area contributed by atoms with Crippen molar-refractivity contribution in [1.82, 2.24) is 24.5 Å². The Morgan fingerprint density at radius 3 is 2.06 bits per heavy atom. The fraction of sp³-hybridized carbons (Fsp3) is 0.143. The van der Waals surface area contributed by atoms with Gasteiger partial charge in [0.2, 0.25) is 0 Å². The Morgan fingerprint density at radius 2 is 1.52 bits per heavy atom. The highest BCUT2D eigenvalue weighted by Crippen LogP contribution is 2.32. The predicted octanol–water partition coefficient (Wildman–Crippen LogP) is 4.15. The minimum atomic E-state index is -4.47. The highest BCUT2D eigenvalue weighted by Gasteiger charge is 2.35. The number of hydrogen-bond acceptors (Lipinski definition) is 4. The molecule has 0 bridgehead atoms. The molecule has 31 heavy (non-hydrogen) atoms. The molecule has 0 atom stereocenters. The number of pyridine rings is 1. The molecule has 1 amide bonds. The standard InChI is InChI=1S/C21H17F3N6O/c1-29-18(21(22,23)24)11-16(27-29)13-6-8-14(9-7-13)17-12-19(30(2)28-17)26-20(31)15-5-3-4-10-25-15/h3-12H,1-2H3,(H,26,31). The molecule has 0 unspecified atom stereocenters. The number of rotatable bonds is 4. The number of alkyl halides is 3. The first-order valence-electron chi connectivity index (χ1n) is 9.21. The maximum Gasteiger partial charge on any atom is 0.433 e. The van der Waals surface area contributed by atoms with Crippen LogP contribution in [0.2, 0.25) is 0 Å². The Kier molecular flexibility index (Phi) is 5.05. The fourth-order valence-electron chi connectivity index (χ4n) is 3.09. The van der Waals surface area contributed by atoms with Crippen molar-refractivity contribution in [1.29, 1.82) is 0 Å². The summed E-state index contributed by atoms with van der Waals surface area (Å²) in [6.45, 7) is 0. The number of benzene rings is 1. The van der Waals surface area contributed by atoms with Crippen LogP contribution in [0.5, 0.6) is 0 Å². The summed E-state index contributed by atoms with van der Waals surface area (Å²) in [5.74, 6) is 0.121. The van der Waals surface area contributed by atoms with E-state index >= 15 is 0 Å². The molecule has 10 heteroatoms. The van der Waals surface area contributed by atoms with E-state index in [0.29, 0.717) is 17.1 Å². The van der Waals surface area contributed by atoms with Crippen LogP contribution in [-0.2, 0) is 20.3 Å². The molecule has 1 aromatic carbocycles. The number of hydrogen-bond donors (Lipinski definition) is 1. The SMILES string of the molecule is Cn1nc(-c2ccc(-c3cc(C(F)(F)F)n(C)n3)cc2)cc1NC(=O)c1ccccn1. The Labute approximate surface area is 175 Å². The van der Waals surface area contributed by atoms with Crippen molar-refractivity contribution in [3.63, 3.8) is 0 Å². The zero-order chi connectivity index (χ0) is 22.2. The lowest BCUT2D eigenvalue weighted by molar-refractivity contribution is -0.143. The summed E-state index contributed by atoms with van der Waals surface area (Å²) >= 11 is 0. The highest BCUT2D eigenvalue weighted by atomic mass is 19.4. The van der Waals surface area contributed by atoms with Crippen molar-refractivity contribution in [2.24, 2.45) is 14.1 Å². The number of aryl methyl sites for hydroxylation is 2. The van der Waals surface area contributed by atoms with Gasteiger partial charge < -0.3 is 5.32 Å². The van der Waals surface area contributed by atoms with E-state index in [1.807, 2.05) is 0 Å². The Hall–Kier alpha value is -3.95. The van der Waals surface area contributed by atoms with Gasteiger partial charge in [-0.3, -0.25) is 19.1 Å². The second-order valence-corrected chi connectivity index (χ2v) is 6.82. The average molecular weight is 426 g/mol. The number of carbonyl (C=O) groups is 1. The van der Waals surface area contributed by atoms with Crippen LogP contribution in [0.15, 0.2) is 60.8 Å². The van der Waals surface area contributed by atoms with Crippen molar-refractivity contribution < 1.29 is 18.0 Å². The predicted molar refractivity (Wildman–Crippen MR) is 108 cm³/mol. The molecule has 7 nitrogen and oxygen atoms in total. The second-order valence-electron chi connectivity index (χ2n) is 6.82. The molecule has 0 fully saturated rings. The van der Waals surface area contributed by atoms with Crippen LogP contribution in [0.1, 0.15) is 16.2 Å². The molecule has 0 saturated carbocycles. The van der Waals surface area contributed by atoms with Gasteiger partial charge in [0.1, 0.15) is 17.2 Å². The van der Waals surface area contributed by atoms with Gasteiger partial charge in [-0.05, 0) is 18.2 Å². The first-order valence-corrected chi connectivity index (χ1v) is 9.21. The molecule has 4 rings (SSSR count). The van der Waals surface area contributed by atoms with E-state index in [1.165, 1.54) is 17.9 Å². The lowest BCUT2D eigenvalue weighted by atomic mass is 10.1. The molecule has 3 heterocycles. The number of nitrogens with zero attached hydrogens (tertiary/aromatic N) is 5. The first-order chi connectivity index (χ1) is 14.7. The van der Waals surface area contributed by atoms with E-state index in [1.54, 1.807) is 55.6 Å². The van der Waals surface area contributed by atoms with Crippen LogP contribution in [0.3, 0.4) is 0 Å². The maximum absolute atomic E-state index is 13.0. The Morgan fingerprint density at radius 1 is 0.903 bits per heavy atom. The molecule has 4 aromatic rings. The molecule has 0 spiro atoms. The van der Waals surface area contributed by atoms with Crippen LogP contribution in [0.4, 0.5) is 19.0 Å². The van der Waals surface area contributed by atoms with Gasteiger partial charge in [-0.25, -0.2) is 0 Å². The van der Waals surface area contributed by atoms with Crippen molar-refractivity contribution >= 4 is 11.7 Å². The van der Waals surface area contributed by atoms with Crippen molar-refractivity contribution in [3.8, 4) is 22.5 Å². The van der Waals surface area contributed by atoms with Crippen molar-refractivity contribution in [3.05, 3.63) is 72.2 Å². The maximum atomic E-state index is 13.0. The van der Waals surface area contributed by atoms with Gasteiger partial charge in [0.25, 0.3) is 5.91 Å².